The number of hydrogen-bond acceptors (Lipinski definition) is 4. The number of benzene rings is 7. The van der Waals surface area contributed by atoms with Gasteiger partial charge in [-0.05, 0) is 101 Å². The molecule has 46 heavy (non-hydrogen) atoms. The number of nitrogens with zero attached hydrogens (tertiary/aromatic N) is 1. The summed E-state index contributed by atoms with van der Waals surface area (Å²) < 4.78 is 20.0. The van der Waals surface area contributed by atoms with Gasteiger partial charge in [-0.25, -0.2) is 0 Å². The first-order valence-electron chi connectivity index (χ1n) is 15.6. The average molecular weight is 591 g/mol. The van der Waals surface area contributed by atoms with Crippen LogP contribution in [-0.2, 0) is 0 Å². The molecule has 0 spiro atoms. The molecule has 1 aromatic heterocycles. The summed E-state index contributed by atoms with van der Waals surface area (Å²) in [5.41, 5.74) is 9.29. The largest absolute Gasteiger partial charge is 0.458 e. The van der Waals surface area contributed by atoms with Crippen LogP contribution in [0, 0.1) is 6.92 Å². The van der Waals surface area contributed by atoms with Crippen LogP contribution >= 0.6 is 0 Å². The van der Waals surface area contributed by atoms with Crippen molar-refractivity contribution in [2.45, 2.75) is 6.92 Å². The molecule has 0 amide bonds. The Morgan fingerprint density at radius 3 is 1.91 bits per heavy atom. The van der Waals surface area contributed by atoms with Crippen LogP contribution in [0.1, 0.15) is 5.56 Å². The standard InChI is InChI=1S/C41H26BNO3/c1-25-20-38-41-39(21-25)46-37-23-32-31-18-17-29(43(27-11-4-2-5-12-27)28-13-6-3-7-14-28)22-35(31)45-36(32)24-33(37)42(41)40-30-15-9-8-10-26(30)16-19-34(40)44-38/h2-24H,1H3. The SMILES string of the molecule is Cc1cc2c3c(c1)Oc1ccc4ccccc4c1B3c1cc3oc4cc(N(c5ccccc5)c5ccccc5)ccc4c3cc1O2. The van der Waals surface area contributed by atoms with Crippen LogP contribution in [0.2, 0.25) is 0 Å². The topological polar surface area (TPSA) is 34.8 Å². The summed E-state index contributed by atoms with van der Waals surface area (Å²) in [6.07, 6.45) is 0. The molecule has 3 heterocycles. The second-order valence-corrected chi connectivity index (χ2v) is 12.2. The molecular formula is C41H26BNO3. The van der Waals surface area contributed by atoms with Crippen LogP contribution in [0.5, 0.6) is 23.0 Å². The summed E-state index contributed by atoms with van der Waals surface area (Å²) in [6, 6.07) is 48.7. The maximum absolute atomic E-state index is 6.71. The van der Waals surface area contributed by atoms with E-state index < -0.39 is 0 Å². The summed E-state index contributed by atoms with van der Waals surface area (Å²) in [5.74, 6) is 3.44. The van der Waals surface area contributed by atoms with Crippen LogP contribution in [0.25, 0.3) is 32.7 Å². The number of rotatable bonds is 3. The summed E-state index contributed by atoms with van der Waals surface area (Å²) in [6.45, 7) is 2.03. The summed E-state index contributed by atoms with van der Waals surface area (Å²) in [5, 5.41) is 4.47. The molecule has 2 aliphatic heterocycles. The van der Waals surface area contributed by atoms with Crippen molar-refractivity contribution in [2.24, 2.45) is 0 Å². The molecule has 0 saturated heterocycles. The number of anilines is 3. The fraction of sp³-hybridized carbons (Fsp3) is 0.0244. The molecule has 0 saturated carbocycles. The fourth-order valence-corrected chi connectivity index (χ4v) is 7.40. The maximum atomic E-state index is 6.71. The number of para-hydroxylation sites is 2. The van der Waals surface area contributed by atoms with Crippen molar-refractivity contribution in [2.75, 3.05) is 4.90 Å². The third-order valence-electron chi connectivity index (χ3n) is 9.38. The van der Waals surface area contributed by atoms with Crippen LogP contribution in [0.15, 0.2) is 144 Å². The quantitative estimate of drug-likeness (QED) is 0.192. The molecule has 10 rings (SSSR count). The zero-order chi connectivity index (χ0) is 30.4. The monoisotopic (exact) mass is 591 g/mol. The van der Waals surface area contributed by atoms with Crippen molar-refractivity contribution in [1.82, 2.24) is 0 Å². The number of fused-ring (bicyclic) bond motifs is 9. The average Bonchev–Trinajstić information content (AvgIpc) is 3.44. The predicted octanol–water partition coefficient (Wildman–Crippen LogP) is 9.25. The van der Waals surface area contributed by atoms with Crippen molar-refractivity contribution in [3.63, 3.8) is 0 Å². The molecule has 0 atom stereocenters. The van der Waals surface area contributed by atoms with Gasteiger partial charge in [0.25, 0.3) is 6.71 Å². The normalized spacial score (nSPS) is 12.8. The predicted molar refractivity (Wildman–Crippen MR) is 188 cm³/mol. The number of furan rings is 1. The summed E-state index contributed by atoms with van der Waals surface area (Å²) in [4.78, 5) is 2.26. The van der Waals surface area contributed by atoms with E-state index in [0.29, 0.717) is 0 Å². The van der Waals surface area contributed by atoms with Crippen molar-refractivity contribution in [3.05, 3.63) is 145 Å². The second-order valence-electron chi connectivity index (χ2n) is 12.2. The first-order chi connectivity index (χ1) is 22.7. The molecule has 0 bridgehead atoms. The van der Waals surface area contributed by atoms with E-state index >= 15 is 0 Å². The fourth-order valence-electron chi connectivity index (χ4n) is 7.40. The maximum Gasteiger partial charge on any atom is 0.261 e. The lowest BCUT2D eigenvalue weighted by atomic mass is 9.34. The molecule has 0 N–H and O–H groups in total. The molecule has 0 radical (unpaired) electrons. The van der Waals surface area contributed by atoms with Gasteiger partial charge >= 0.3 is 0 Å². The summed E-state index contributed by atoms with van der Waals surface area (Å²) >= 11 is 0. The third-order valence-corrected chi connectivity index (χ3v) is 9.38. The Kier molecular flexibility index (Phi) is 5.26. The molecule has 2 aliphatic rings. The van der Waals surface area contributed by atoms with Gasteiger partial charge in [0.1, 0.15) is 34.2 Å². The Balaban J connectivity index is 1.18. The van der Waals surface area contributed by atoms with E-state index in [4.69, 9.17) is 13.9 Å². The minimum absolute atomic E-state index is 0.0518. The highest BCUT2D eigenvalue weighted by molar-refractivity contribution is 6.99. The number of hydrogen-bond donors (Lipinski definition) is 0. The number of ether oxygens (including phenoxy) is 2. The molecule has 4 nitrogen and oxygen atoms in total. The second kappa shape index (κ2) is 9.53. The lowest BCUT2D eigenvalue weighted by Gasteiger charge is -2.33. The van der Waals surface area contributed by atoms with Gasteiger partial charge in [0.2, 0.25) is 0 Å². The van der Waals surface area contributed by atoms with E-state index in [1.807, 2.05) is 12.1 Å². The van der Waals surface area contributed by atoms with Crippen molar-refractivity contribution >= 4 is 72.9 Å². The molecule has 5 heteroatoms. The van der Waals surface area contributed by atoms with Gasteiger partial charge < -0.3 is 18.8 Å². The first kappa shape index (κ1) is 25.4. The van der Waals surface area contributed by atoms with E-state index in [-0.39, 0.29) is 6.71 Å². The lowest BCUT2D eigenvalue weighted by molar-refractivity contribution is 0.464. The Morgan fingerprint density at radius 1 is 0.478 bits per heavy atom. The Labute approximate surface area is 266 Å². The molecule has 0 unspecified atom stereocenters. The van der Waals surface area contributed by atoms with Crippen LogP contribution in [-0.4, -0.2) is 6.71 Å². The molecule has 7 aromatic carbocycles. The first-order valence-corrected chi connectivity index (χ1v) is 15.6. The zero-order valence-electron chi connectivity index (χ0n) is 25.0. The molecule has 216 valence electrons. The molecule has 0 aliphatic carbocycles. The van der Waals surface area contributed by atoms with Crippen LogP contribution in [0.4, 0.5) is 17.1 Å². The van der Waals surface area contributed by atoms with Crippen molar-refractivity contribution in [1.29, 1.82) is 0 Å². The van der Waals surface area contributed by atoms with Gasteiger partial charge in [0.05, 0.1) is 0 Å². The Morgan fingerprint density at radius 2 is 1.15 bits per heavy atom. The van der Waals surface area contributed by atoms with Crippen LogP contribution < -0.4 is 30.8 Å². The number of aryl methyl sites for hydroxylation is 1. The minimum Gasteiger partial charge on any atom is -0.458 e. The molecule has 8 aromatic rings. The van der Waals surface area contributed by atoms with Gasteiger partial charge in [-0.15, -0.1) is 0 Å². The van der Waals surface area contributed by atoms with Gasteiger partial charge in [0, 0.05) is 39.4 Å². The Bertz CT molecular complexity index is 2470. The van der Waals surface area contributed by atoms with Gasteiger partial charge in [-0.2, -0.15) is 0 Å². The highest BCUT2D eigenvalue weighted by Gasteiger charge is 2.41. The smallest absolute Gasteiger partial charge is 0.261 e. The summed E-state index contributed by atoms with van der Waals surface area (Å²) in [7, 11) is 0. The zero-order valence-corrected chi connectivity index (χ0v) is 25.0. The highest BCUT2D eigenvalue weighted by Crippen LogP contribution is 2.41. The molecule has 0 fully saturated rings. The van der Waals surface area contributed by atoms with E-state index in [2.05, 4.69) is 139 Å². The third kappa shape index (κ3) is 3.69. The van der Waals surface area contributed by atoms with E-state index in [1.165, 1.54) is 16.2 Å². The van der Waals surface area contributed by atoms with Gasteiger partial charge in [0.15, 0.2) is 0 Å². The Hall–Kier alpha value is -5.94. The highest BCUT2D eigenvalue weighted by atomic mass is 16.5. The van der Waals surface area contributed by atoms with Gasteiger partial charge in [-0.1, -0.05) is 66.7 Å². The van der Waals surface area contributed by atoms with Crippen molar-refractivity contribution in [3.8, 4) is 23.0 Å². The van der Waals surface area contributed by atoms with Crippen molar-refractivity contribution < 1.29 is 13.9 Å². The minimum atomic E-state index is -0.0518. The molecular weight excluding hydrogens is 565 g/mol. The lowest BCUT2D eigenvalue weighted by Crippen LogP contribution is -2.57. The van der Waals surface area contributed by atoms with E-state index in [0.717, 1.165) is 78.5 Å². The van der Waals surface area contributed by atoms with E-state index in [1.54, 1.807) is 0 Å². The van der Waals surface area contributed by atoms with Gasteiger partial charge in [-0.3, -0.25) is 0 Å². The van der Waals surface area contributed by atoms with E-state index in [9.17, 15) is 0 Å². The van der Waals surface area contributed by atoms with Crippen LogP contribution in [0.3, 0.4) is 0 Å².